The first kappa shape index (κ1) is 12.6. The molecule has 0 bridgehead atoms. The zero-order valence-electron chi connectivity index (χ0n) is 10.8. The normalized spacial score (nSPS) is 11.7. The van der Waals surface area contributed by atoms with Gasteiger partial charge in [-0.1, -0.05) is 12.1 Å². The molecule has 2 rings (SSSR count). The summed E-state index contributed by atoms with van der Waals surface area (Å²) >= 11 is 0. The molecule has 1 aromatic heterocycles. The molecular formula is C14H19N3O. The number of aryl methyl sites for hydroxylation is 1. The Balaban J connectivity index is 2.08. The van der Waals surface area contributed by atoms with Gasteiger partial charge in [0.15, 0.2) is 0 Å². The third kappa shape index (κ3) is 3.34. The van der Waals surface area contributed by atoms with Crippen LogP contribution in [0.5, 0.6) is 0 Å². The standard InChI is InChI=1S/C14H19N3O/c1-14(2,18)7-8-17-10-12(9-16-17)11-3-5-13(15)6-4-11/h3-6,9-10,18H,7-8,15H2,1-2H3. The first-order valence-corrected chi connectivity index (χ1v) is 6.05. The lowest BCUT2D eigenvalue weighted by Crippen LogP contribution is -2.21. The maximum absolute atomic E-state index is 9.68. The zero-order valence-corrected chi connectivity index (χ0v) is 10.8. The van der Waals surface area contributed by atoms with Gasteiger partial charge in [-0.3, -0.25) is 4.68 Å². The molecule has 1 aromatic carbocycles. The van der Waals surface area contributed by atoms with Crippen molar-refractivity contribution in [2.45, 2.75) is 32.4 Å². The molecule has 4 nitrogen and oxygen atoms in total. The Bertz CT molecular complexity index is 509. The number of anilines is 1. The SMILES string of the molecule is CC(C)(O)CCn1cc(-c2ccc(N)cc2)cn1. The molecule has 0 fully saturated rings. The molecule has 3 N–H and O–H groups in total. The van der Waals surface area contributed by atoms with Gasteiger partial charge in [-0.2, -0.15) is 5.10 Å². The van der Waals surface area contributed by atoms with Gasteiger partial charge in [0, 0.05) is 24.0 Å². The van der Waals surface area contributed by atoms with E-state index in [1.54, 1.807) is 13.8 Å². The number of nitrogens with two attached hydrogens (primary N) is 1. The molecule has 0 saturated heterocycles. The molecule has 1 heterocycles. The lowest BCUT2D eigenvalue weighted by atomic mass is 10.1. The van der Waals surface area contributed by atoms with Crippen molar-refractivity contribution in [3.63, 3.8) is 0 Å². The Labute approximate surface area is 107 Å². The van der Waals surface area contributed by atoms with Crippen LogP contribution in [0.1, 0.15) is 20.3 Å². The number of nitrogen functional groups attached to an aromatic ring is 1. The summed E-state index contributed by atoms with van der Waals surface area (Å²) in [5, 5.41) is 14.0. The van der Waals surface area contributed by atoms with Crippen molar-refractivity contribution in [2.24, 2.45) is 0 Å². The molecule has 0 spiro atoms. The minimum absolute atomic E-state index is 0.659. The number of hydrogen-bond donors (Lipinski definition) is 2. The number of nitrogens with zero attached hydrogens (tertiary/aromatic N) is 2. The van der Waals surface area contributed by atoms with E-state index < -0.39 is 5.60 Å². The average Bonchev–Trinajstić information content (AvgIpc) is 2.75. The van der Waals surface area contributed by atoms with E-state index in [2.05, 4.69) is 5.10 Å². The summed E-state index contributed by atoms with van der Waals surface area (Å²) in [5.74, 6) is 0. The van der Waals surface area contributed by atoms with E-state index in [-0.39, 0.29) is 0 Å². The van der Waals surface area contributed by atoms with Gasteiger partial charge in [-0.15, -0.1) is 0 Å². The Morgan fingerprint density at radius 2 is 1.89 bits per heavy atom. The number of aromatic nitrogens is 2. The van der Waals surface area contributed by atoms with Crippen molar-refractivity contribution in [3.05, 3.63) is 36.7 Å². The Morgan fingerprint density at radius 3 is 2.50 bits per heavy atom. The summed E-state index contributed by atoms with van der Waals surface area (Å²) in [4.78, 5) is 0. The summed E-state index contributed by atoms with van der Waals surface area (Å²) in [7, 11) is 0. The predicted octanol–water partition coefficient (Wildman–Crippen LogP) is 2.29. The van der Waals surface area contributed by atoms with E-state index in [9.17, 15) is 5.11 Å². The highest BCUT2D eigenvalue weighted by Crippen LogP contribution is 2.20. The summed E-state index contributed by atoms with van der Waals surface area (Å²) in [5.41, 5.74) is 7.91. The van der Waals surface area contributed by atoms with Crippen LogP contribution in [0.25, 0.3) is 11.1 Å². The molecule has 4 heteroatoms. The highest BCUT2D eigenvalue weighted by Gasteiger charge is 2.12. The summed E-state index contributed by atoms with van der Waals surface area (Å²) in [6, 6.07) is 7.71. The van der Waals surface area contributed by atoms with Crippen LogP contribution in [0, 0.1) is 0 Å². The van der Waals surface area contributed by atoms with Crippen molar-refractivity contribution >= 4 is 5.69 Å². The van der Waals surface area contributed by atoms with E-state index in [1.165, 1.54) is 0 Å². The molecule has 0 amide bonds. The number of hydrogen-bond acceptors (Lipinski definition) is 3. The predicted molar refractivity (Wildman–Crippen MR) is 73.0 cm³/mol. The van der Waals surface area contributed by atoms with Crippen LogP contribution >= 0.6 is 0 Å². The highest BCUT2D eigenvalue weighted by molar-refractivity contribution is 5.63. The van der Waals surface area contributed by atoms with Gasteiger partial charge < -0.3 is 10.8 Å². The molecule has 0 aliphatic heterocycles. The molecule has 96 valence electrons. The van der Waals surface area contributed by atoms with E-state index in [4.69, 9.17) is 5.73 Å². The van der Waals surface area contributed by atoms with Crippen molar-refractivity contribution in [2.75, 3.05) is 5.73 Å². The van der Waals surface area contributed by atoms with Crippen LogP contribution in [0.2, 0.25) is 0 Å². The van der Waals surface area contributed by atoms with E-state index >= 15 is 0 Å². The average molecular weight is 245 g/mol. The van der Waals surface area contributed by atoms with Gasteiger partial charge in [0.2, 0.25) is 0 Å². The Kier molecular flexibility index (Phi) is 3.39. The van der Waals surface area contributed by atoms with E-state index in [0.29, 0.717) is 13.0 Å². The maximum atomic E-state index is 9.68. The van der Waals surface area contributed by atoms with Gasteiger partial charge in [0.25, 0.3) is 0 Å². The van der Waals surface area contributed by atoms with Crippen LogP contribution in [-0.4, -0.2) is 20.5 Å². The molecular weight excluding hydrogens is 226 g/mol. The van der Waals surface area contributed by atoms with Gasteiger partial charge in [-0.05, 0) is 38.0 Å². The molecule has 2 aromatic rings. The second-order valence-electron chi connectivity index (χ2n) is 5.18. The first-order valence-electron chi connectivity index (χ1n) is 6.05. The van der Waals surface area contributed by atoms with Crippen LogP contribution < -0.4 is 5.73 Å². The van der Waals surface area contributed by atoms with E-state index in [1.807, 2.05) is 41.3 Å². The van der Waals surface area contributed by atoms with Crippen molar-refractivity contribution in [3.8, 4) is 11.1 Å². The third-order valence-electron chi connectivity index (χ3n) is 2.83. The monoisotopic (exact) mass is 245 g/mol. The minimum atomic E-state index is -0.659. The lowest BCUT2D eigenvalue weighted by Gasteiger charge is -2.16. The highest BCUT2D eigenvalue weighted by atomic mass is 16.3. The zero-order chi connectivity index (χ0) is 13.2. The minimum Gasteiger partial charge on any atom is -0.399 e. The number of benzene rings is 1. The van der Waals surface area contributed by atoms with Crippen LogP contribution in [0.4, 0.5) is 5.69 Å². The smallest absolute Gasteiger partial charge is 0.0609 e. The fourth-order valence-electron chi connectivity index (χ4n) is 1.70. The Morgan fingerprint density at radius 1 is 1.22 bits per heavy atom. The second-order valence-corrected chi connectivity index (χ2v) is 5.18. The first-order chi connectivity index (χ1) is 8.44. The topological polar surface area (TPSA) is 64.1 Å². The summed E-state index contributed by atoms with van der Waals surface area (Å²) in [6.07, 6.45) is 4.49. The molecule has 0 atom stereocenters. The molecule has 18 heavy (non-hydrogen) atoms. The van der Waals surface area contributed by atoms with Crippen molar-refractivity contribution < 1.29 is 5.11 Å². The molecule has 0 aliphatic carbocycles. The van der Waals surface area contributed by atoms with Gasteiger partial charge in [-0.25, -0.2) is 0 Å². The van der Waals surface area contributed by atoms with E-state index in [0.717, 1.165) is 16.8 Å². The second kappa shape index (κ2) is 4.82. The number of aliphatic hydroxyl groups is 1. The van der Waals surface area contributed by atoms with Crippen LogP contribution in [0.15, 0.2) is 36.7 Å². The van der Waals surface area contributed by atoms with Gasteiger partial charge >= 0.3 is 0 Å². The third-order valence-corrected chi connectivity index (χ3v) is 2.83. The van der Waals surface area contributed by atoms with Gasteiger partial charge in [0.1, 0.15) is 0 Å². The fraction of sp³-hybridized carbons (Fsp3) is 0.357. The fourth-order valence-corrected chi connectivity index (χ4v) is 1.70. The maximum Gasteiger partial charge on any atom is 0.0609 e. The quantitative estimate of drug-likeness (QED) is 0.812. The number of rotatable bonds is 4. The van der Waals surface area contributed by atoms with Crippen molar-refractivity contribution in [1.29, 1.82) is 0 Å². The molecule has 0 aliphatic rings. The van der Waals surface area contributed by atoms with Crippen molar-refractivity contribution in [1.82, 2.24) is 9.78 Å². The Hall–Kier alpha value is -1.81. The van der Waals surface area contributed by atoms with Crippen LogP contribution in [0.3, 0.4) is 0 Å². The largest absolute Gasteiger partial charge is 0.399 e. The molecule has 0 radical (unpaired) electrons. The van der Waals surface area contributed by atoms with Crippen LogP contribution in [-0.2, 0) is 6.54 Å². The lowest BCUT2D eigenvalue weighted by molar-refractivity contribution is 0.0651. The summed E-state index contributed by atoms with van der Waals surface area (Å²) < 4.78 is 1.85. The van der Waals surface area contributed by atoms with Gasteiger partial charge in [0.05, 0.1) is 11.8 Å². The summed E-state index contributed by atoms with van der Waals surface area (Å²) in [6.45, 7) is 4.31. The molecule has 0 saturated carbocycles. The molecule has 0 unspecified atom stereocenters.